The van der Waals surface area contributed by atoms with Crippen LogP contribution in [0.3, 0.4) is 0 Å². The van der Waals surface area contributed by atoms with E-state index in [1.807, 2.05) is 30.3 Å². The minimum absolute atomic E-state index is 0.0217. The zero-order valence-electron chi connectivity index (χ0n) is 14.6. The van der Waals surface area contributed by atoms with Gasteiger partial charge in [0, 0.05) is 5.25 Å². The average Bonchev–Trinajstić information content (AvgIpc) is 2.83. The van der Waals surface area contributed by atoms with Gasteiger partial charge in [0.2, 0.25) is 5.91 Å². The SMILES string of the molecule is CC(C)(C)C[C@H](NC(=O)CS[C@@H]1CCS(=O)(=O)C1)c1ccccc1. The second-order valence-corrected chi connectivity index (χ2v) is 11.1. The van der Waals surface area contributed by atoms with Gasteiger partial charge in [-0.25, -0.2) is 8.42 Å². The van der Waals surface area contributed by atoms with Crippen molar-refractivity contribution in [2.45, 2.75) is 44.9 Å². The maximum Gasteiger partial charge on any atom is 0.230 e. The topological polar surface area (TPSA) is 63.2 Å². The van der Waals surface area contributed by atoms with Gasteiger partial charge in [-0.15, -0.1) is 11.8 Å². The van der Waals surface area contributed by atoms with E-state index >= 15 is 0 Å². The van der Waals surface area contributed by atoms with Gasteiger partial charge in [0.1, 0.15) is 0 Å². The molecule has 0 radical (unpaired) electrons. The Morgan fingerprint density at radius 3 is 2.50 bits per heavy atom. The number of thioether (sulfide) groups is 1. The van der Waals surface area contributed by atoms with E-state index in [9.17, 15) is 13.2 Å². The van der Waals surface area contributed by atoms with E-state index in [4.69, 9.17) is 0 Å². The van der Waals surface area contributed by atoms with E-state index in [-0.39, 0.29) is 34.1 Å². The van der Waals surface area contributed by atoms with Crippen LogP contribution in [0, 0.1) is 5.41 Å². The summed E-state index contributed by atoms with van der Waals surface area (Å²) in [6, 6.07) is 9.98. The Bertz CT molecular complexity index is 651. The predicted octanol–water partition coefficient (Wildman–Crippen LogP) is 3.20. The van der Waals surface area contributed by atoms with Crippen LogP contribution < -0.4 is 5.32 Å². The molecule has 0 aliphatic carbocycles. The number of rotatable bonds is 6. The van der Waals surface area contributed by atoms with Crippen LogP contribution in [0.5, 0.6) is 0 Å². The Morgan fingerprint density at radius 2 is 1.96 bits per heavy atom. The Balaban J connectivity index is 1.92. The van der Waals surface area contributed by atoms with E-state index in [1.54, 1.807) is 0 Å². The molecule has 1 aromatic carbocycles. The van der Waals surface area contributed by atoms with Crippen molar-refractivity contribution >= 4 is 27.5 Å². The molecule has 1 fully saturated rings. The van der Waals surface area contributed by atoms with Crippen molar-refractivity contribution in [2.75, 3.05) is 17.3 Å². The second kappa shape index (κ2) is 7.91. The first kappa shape index (κ1) is 19.3. The number of hydrogen-bond donors (Lipinski definition) is 1. The van der Waals surface area contributed by atoms with Gasteiger partial charge in [-0.05, 0) is 23.8 Å². The van der Waals surface area contributed by atoms with Crippen molar-refractivity contribution in [3.05, 3.63) is 35.9 Å². The highest BCUT2D eigenvalue weighted by atomic mass is 32.2. The van der Waals surface area contributed by atoms with Crippen LogP contribution in [0.15, 0.2) is 30.3 Å². The first-order chi connectivity index (χ1) is 11.1. The van der Waals surface area contributed by atoms with E-state index in [0.29, 0.717) is 12.2 Å². The molecule has 1 N–H and O–H groups in total. The van der Waals surface area contributed by atoms with Crippen molar-refractivity contribution in [3.8, 4) is 0 Å². The Morgan fingerprint density at radius 1 is 1.29 bits per heavy atom. The van der Waals surface area contributed by atoms with Crippen molar-refractivity contribution in [1.82, 2.24) is 5.32 Å². The molecule has 1 saturated heterocycles. The fourth-order valence-corrected chi connectivity index (χ4v) is 6.33. The lowest BCUT2D eigenvalue weighted by atomic mass is 9.85. The van der Waals surface area contributed by atoms with E-state index < -0.39 is 9.84 Å². The molecule has 134 valence electrons. The number of sulfone groups is 1. The maximum absolute atomic E-state index is 12.3. The third-order valence-electron chi connectivity index (χ3n) is 3.99. The molecule has 0 bridgehead atoms. The van der Waals surface area contributed by atoms with Gasteiger partial charge in [0.05, 0.1) is 23.3 Å². The smallest absolute Gasteiger partial charge is 0.230 e. The summed E-state index contributed by atoms with van der Waals surface area (Å²) in [6.45, 7) is 6.48. The fraction of sp³-hybridized carbons (Fsp3) is 0.611. The van der Waals surface area contributed by atoms with Crippen molar-refractivity contribution in [1.29, 1.82) is 0 Å². The molecular formula is C18H27NO3S2. The van der Waals surface area contributed by atoms with Crippen LogP contribution in [0.1, 0.15) is 45.2 Å². The fourth-order valence-electron chi connectivity index (χ4n) is 2.87. The number of carbonyl (C=O) groups excluding carboxylic acids is 1. The summed E-state index contributed by atoms with van der Waals surface area (Å²) >= 11 is 1.46. The number of hydrogen-bond acceptors (Lipinski definition) is 4. The van der Waals surface area contributed by atoms with Gasteiger partial charge >= 0.3 is 0 Å². The van der Waals surface area contributed by atoms with Gasteiger partial charge < -0.3 is 5.32 Å². The van der Waals surface area contributed by atoms with Gasteiger partial charge in [0.15, 0.2) is 9.84 Å². The molecule has 6 heteroatoms. The molecule has 1 amide bonds. The summed E-state index contributed by atoms with van der Waals surface area (Å²) in [5.41, 5.74) is 1.20. The summed E-state index contributed by atoms with van der Waals surface area (Å²) in [4.78, 5) is 12.3. The lowest BCUT2D eigenvalue weighted by Crippen LogP contribution is -2.33. The molecule has 0 spiro atoms. The Labute approximate surface area is 149 Å². The molecule has 2 rings (SSSR count). The Hall–Kier alpha value is -1.01. The third kappa shape index (κ3) is 6.48. The molecule has 1 heterocycles. The first-order valence-electron chi connectivity index (χ1n) is 8.31. The molecule has 1 aliphatic heterocycles. The summed E-state index contributed by atoms with van der Waals surface area (Å²) in [7, 11) is -2.89. The van der Waals surface area contributed by atoms with Gasteiger partial charge in [-0.2, -0.15) is 0 Å². The normalized spacial score (nSPS) is 21.4. The largest absolute Gasteiger partial charge is 0.349 e. The zero-order valence-corrected chi connectivity index (χ0v) is 16.3. The number of amides is 1. The van der Waals surface area contributed by atoms with Crippen molar-refractivity contribution in [2.24, 2.45) is 5.41 Å². The highest BCUT2D eigenvalue weighted by Gasteiger charge is 2.29. The predicted molar refractivity (Wildman–Crippen MR) is 101 cm³/mol. The summed E-state index contributed by atoms with van der Waals surface area (Å²) in [6.07, 6.45) is 1.51. The number of nitrogens with one attached hydrogen (secondary N) is 1. The standard InChI is InChI=1S/C18H27NO3S2/c1-18(2,3)11-16(14-7-5-4-6-8-14)19-17(20)12-23-15-9-10-24(21,22)13-15/h4-8,15-16H,9-13H2,1-3H3,(H,19,20)/t15-,16+/m1/s1. The van der Waals surface area contributed by atoms with Crippen molar-refractivity contribution in [3.63, 3.8) is 0 Å². The monoisotopic (exact) mass is 369 g/mol. The molecule has 1 aliphatic rings. The first-order valence-corrected chi connectivity index (χ1v) is 11.2. The highest BCUT2D eigenvalue weighted by Crippen LogP contribution is 2.30. The zero-order chi connectivity index (χ0) is 17.8. The molecule has 0 saturated carbocycles. The summed E-state index contributed by atoms with van der Waals surface area (Å²) in [5.74, 6) is 0.744. The van der Waals surface area contributed by atoms with E-state index in [1.165, 1.54) is 11.8 Å². The average molecular weight is 370 g/mol. The molecule has 0 aromatic heterocycles. The van der Waals surface area contributed by atoms with E-state index in [0.717, 1.165) is 12.0 Å². The second-order valence-electron chi connectivity index (χ2n) is 7.63. The highest BCUT2D eigenvalue weighted by molar-refractivity contribution is 8.02. The van der Waals surface area contributed by atoms with Crippen LogP contribution in [0.4, 0.5) is 0 Å². The lowest BCUT2D eigenvalue weighted by Gasteiger charge is -2.27. The van der Waals surface area contributed by atoms with Crippen molar-refractivity contribution < 1.29 is 13.2 Å². The molecule has 4 nitrogen and oxygen atoms in total. The van der Waals surface area contributed by atoms with Crippen LogP contribution >= 0.6 is 11.8 Å². The minimum atomic E-state index is -2.89. The molecule has 2 atom stereocenters. The lowest BCUT2D eigenvalue weighted by molar-refractivity contribution is -0.119. The van der Waals surface area contributed by atoms with Crippen LogP contribution in [0.25, 0.3) is 0 Å². The molecule has 1 aromatic rings. The molecular weight excluding hydrogens is 342 g/mol. The van der Waals surface area contributed by atoms with Crippen LogP contribution in [-0.2, 0) is 14.6 Å². The molecule has 24 heavy (non-hydrogen) atoms. The third-order valence-corrected chi connectivity index (χ3v) is 7.28. The Kier molecular flexibility index (Phi) is 6.37. The minimum Gasteiger partial charge on any atom is -0.349 e. The number of carbonyl (C=O) groups is 1. The maximum atomic E-state index is 12.3. The molecule has 0 unspecified atom stereocenters. The van der Waals surface area contributed by atoms with Crippen LogP contribution in [0.2, 0.25) is 0 Å². The van der Waals surface area contributed by atoms with Gasteiger partial charge in [0.25, 0.3) is 0 Å². The van der Waals surface area contributed by atoms with Crippen LogP contribution in [-0.4, -0.2) is 36.8 Å². The number of benzene rings is 1. The van der Waals surface area contributed by atoms with Gasteiger partial charge in [-0.1, -0.05) is 51.1 Å². The van der Waals surface area contributed by atoms with E-state index in [2.05, 4.69) is 26.1 Å². The van der Waals surface area contributed by atoms with Gasteiger partial charge in [-0.3, -0.25) is 4.79 Å². The quantitative estimate of drug-likeness (QED) is 0.836. The summed E-state index contributed by atoms with van der Waals surface area (Å²) < 4.78 is 23.0. The summed E-state index contributed by atoms with van der Waals surface area (Å²) in [5, 5.41) is 3.18.